The Morgan fingerprint density at radius 2 is 2.14 bits per heavy atom. The second kappa shape index (κ2) is 8.69. The molecule has 144 valence electrons. The van der Waals surface area contributed by atoms with E-state index in [1.54, 1.807) is 12.3 Å². The number of para-hydroxylation sites is 1. The van der Waals surface area contributed by atoms with E-state index in [1.165, 1.54) is 18.4 Å². The molecule has 0 fully saturated rings. The van der Waals surface area contributed by atoms with E-state index in [9.17, 15) is 4.79 Å². The van der Waals surface area contributed by atoms with E-state index >= 15 is 0 Å². The number of fused-ring (bicyclic) bond motifs is 1. The first-order chi connectivity index (χ1) is 13.8. The van der Waals surface area contributed by atoms with E-state index in [4.69, 9.17) is 9.26 Å². The van der Waals surface area contributed by atoms with E-state index < -0.39 is 0 Å². The predicted molar refractivity (Wildman–Crippen MR) is 106 cm³/mol. The lowest BCUT2D eigenvalue weighted by Gasteiger charge is -2.12. The highest BCUT2D eigenvalue weighted by Gasteiger charge is 2.13. The highest BCUT2D eigenvalue weighted by Crippen LogP contribution is 2.24. The molecule has 28 heavy (non-hydrogen) atoms. The summed E-state index contributed by atoms with van der Waals surface area (Å²) in [6.07, 6.45) is 9.74. The molecule has 1 amide bonds. The van der Waals surface area contributed by atoms with Crippen molar-refractivity contribution in [1.29, 1.82) is 0 Å². The number of benzene rings is 1. The van der Waals surface area contributed by atoms with Crippen molar-refractivity contribution in [2.45, 2.75) is 38.7 Å². The Labute approximate surface area is 163 Å². The molecule has 0 atom stereocenters. The van der Waals surface area contributed by atoms with Crippen LogP contribution in [0.4, 0.5) is 0 Å². The van der Waals surface area contributed by atoms with Crippen molar-refractivity contribution in [3.05, 3.63) is 65.7 Å². The maximum atomic E-state index is 12.2. The lowest BCUT2D eigenvalue weighted by molar-refractivity contribution is 0.0944. The number of rotatable bonds is 7. The second-order valence-electron chi connectivity index (χ2n) is 6.91. The zero-order valence-corrected chi connectivity index (χ0v) is 15.7. The van der Waals surface area contributed by atoms with Gasteiger partial charge in [-0.25, -0.2) is 0 Å². The molecule has 0 aliphatic heterocycles. The van der Waals surface area contributed by atoms with E-state index in [1.807, 2.05) is 30.3 Å². The van der Waals surface area contributed by atoms with Crippen LogP contribution in [0.3, 0.4) is 0 Å². The third-order valence-corrected chi connectivity index (χ3v) is 4.87. The van der Waals surface area contributed by atoms with Crippen molar-refractivity contribution >= 4 is 16.8 Å². The molecule has 0 unspecified atom stereocenters. The van der Waals surface area contributed by atoms with E-state index in [0.717, 1.165) is 30.2 Å². The highest BCUT2D eigenvalue weighted by atomic mass is 16.5. The van der Waals surface area contributed by atoms with Crippen LogP contribution < -0.4 is 10.1 Å². The van der Waals surface area contributed by atoms with Gasteiger partial charge in [-0.1, -0.05) is 35.0 Å². The molecule has 2 aromatic heterocycles. The second-order valence-corrected chi connectivity index (χ2v) is 6.91. The fraction of sp³-hybridized carbons (Fsp3) is 0.318. The van der Waals surface area contributed by atoms with Crippen LogP contribution in [-0.2, 0) is 6.61 Å². The number of amides is 1. The van der Waals surface area contributed by atoms with Crippen LogP contribution in [0.25, 0.3) is 10.9 Å². The van der Waals surface area contributed by atoms with Gasteiger partial charge in [0, 0.05) is 24.2 Å². The molecule has 0 spiro atoms. The van der Waals surface area contributed by atoms with Gasteiger partial charge < -0.3 is 14.6 Å². The number of hydrogen-bond acceptors (Lipinski definition) is 5. The average molecular weight is 377 g/mol. The monoisotopic (exact) mass is 377 g/mol. The minimum Gasteiger partial charge on any atom is -0.483 e. The van der Waals surface area contributed by atoms with Crippen LogP contribution in [0.5, 0.6) is 5.75 Å². The lowest BCUT2D eigenvalue weighted by atomic mass is 9.97. The van der Waals surface area contributed by atoms with Gasteiger partial charge in [0.15, 0.2) is 11.5 Å². The SMILES string of the molecule is O=C(NCCC1=CCCCC1)c1cc(COc2cccc3cccnc23)on1. The van der Waals surface area contributed by atoms with Gasteiger partial charge in [0.05, 0.1) is 0 Å². The summed E-state index contributed by atoms with van der Waals surface area (Å²) >= 11 is 0. The van der Waals surface area contributed by atoms with Crippen molar-refractivity contribution in [3.8, 4) is 5.75 Å². The van der Waals surface area contributed by atoms with Crippen LogP contribution in [0.2, 0.25) is 0 Å². The van der Waals surface area contributed by atoms with Gasteiger partial charge in [0.25, 0.3) is 5.91 Å². The molecule has 1 aliphatic carbocycles. The molecule has 0 radical (unpaired) electrons. The van der Waals surface area contributed by atoms with E-state index in [-0.39, 0.29) is 18.2 Å². The molecule has 0 bridgehead atoms. The van der Waals surface area contributed by atoms with Crippen molar-refractivity contribution in [1.82, 2.24) is 15.5 Å². The maximum absolute atomic E-state index is 12.2. The largest absolute Gasteiger partial charge is 0.483 e. The van der Waals surface area contributed by atoms with Gasteiger partial charge >= 0.3 is 0 Å². The Balaban J connectivity index is 1.31. The van der Waals surface area contributed by atoms with Crippen LogP contribution >= 0.6 is 0 Å². The summed E-state index contributed by atoms with van der Waals surface area (Å²) in [7, 11) is 0. The Morgan fingerprint density at radius 1 is 1.21 bits per heavy atom. The van der Waals surface area contributed by atoms with Crippen LogP contribution in [0.15, 0.2) is 58.8 Å². The smallest absolute Gasteiger partial charge is 0.273 e. The standard InChI is InChI=1S/C22H23N3O3/c26-22(24-13-11-16-6-2-1-3-7-16)19-14-18(28-25-19)15-27-20-10-4-8-17-9-5-12-23-21(17)20/h4-6,8-10,12,14H,1-3,7,11,13,15H2,(H,24,26). The zero-order valence-electron chi connectivity index (χ0n) is 15.7. The number of allylic oxidation sites excluding steroid dienone is 1. The lowest BCUT2D eigenvalue weighted by Crippen LogP contribution is -2.25. The van der Waals surface area contributed by atoms with Gasteiger partial charge in [0.2, 0.25) is 0 Å². The topological polar surface area (TPSA) is 77.2 Å². The molecule has 3 aromatic rings. The molecule has 6 heteroatoms. The molecule has 6 nitrogen and oxygen atoms in total. The summed E-state index contributed by atoms with van der Waals surface area (Å²) in [6.45, 7) is 0.799. The third kappa shape index (κ3) is 4.39. The number of nitrogens with one attached hydrogen (secondary N) is 1. The third-order valence-electron chi connectivity index (χ3n) is 4.87. The molecular weight excluding hydrogens is 354 g/mol. The van der Waals surface area contributed by atoms with Crippen molar-refractivity contribution in [2.75, 3.05) is 6.54 Å². The fourth-order valence-corrected chi connectivity index (χ4v) is 3.39. The van der Waals surface area contributed by atoms with Crippen LogP contribution in [0.1, 0.15) is 48.4 Å². The number of nitrogens with zero attached hydrogens (tertiary/aromatic N) is 2. The van der Waals surface area contributed by atoms with Gasteiger partial charge in [0.1, 0.15) is 17.9 Å². The molecule has 4 rings (SSSR count). The van der Waals surface area contributed by atoms with Gasteiger partial charge in [-0.2, -0.15) is 0 Å². The number of aromatic nitrogens is 2. The molecule has 1 aromatic carbocycles. The quantitative estimate of drug-likeness (QED) is 0.617. The average Bonchev–Trinajstić information content (AvgIpc) is 3.22. The number of carbonyl (C=O) groups excluding carboxylic acids is 1. The number of carbonyl (C=O) groups is 1. The summed E-state index contributed by atoms with van der Waals surface area (Å²) in [5, 5.41) is 7.77. The summed E-state index contributed by atoms with van der Waals surface area (Å²) in [4.78, 5) is 16.6. The Hall–Kier alpha value is -3.15. The normalized spacial score (nSPS) is 13.9. The van der Waals surface area contributed by atoms with Gasteiger partial charge in [-0.3, -0.25) is 9.78 Å². The zero-order chi connectivity index (χ0) is 19.2. The first-order valence-corrected chi connectivity index (χ1v) is 9.68. The minimum atomic E-state index is -0.224. The van der Waals surface area contributed by atoms with Gasteiger partial charge in [-0.15, -0.1) is 0 Å². The first kappa shape index (κ1) is 18.2. The van der Waals surface area contributed by atoms with Crippen molar-refractivity contribution in [2.24, 2.45) is 0 Å². The summed E-state index contributed by atoms with van der Waals surface area (Å²) in [5.41, 5.74) is 2.50. The molecule has 2 heterocycles. The minimum absolute atomic E-state index is 0.183. The number of ether oxygens (including phenoxy) is 1. The molecule has 0 saturated heterocycles. The van der Waals surface area contributed by atoms with Gasteiger partial charge in [-0.05, 0) is 44.2 Å². The molecule has 0 saturated carbocycles. The Morgan fingerprint density at radius 3 is 3.04 bits per heavy atom. The molecule has 1 aliphatic rings. The number of hydrogen-bond donors (Lipinski definition) is 1. The summed E-state index contributed by atoms with van der Waals surface area (Å²) in [5.74, 6) is 0.938. The summed E-state index contributed by atoms with van der Waals surface area (Å²) < 4.78 is 11.1. The summed E-state index contributed by atoms with van der Waals surface area (Å²) in [6, 6.07) is 11.2. The number of pyridine rings is 1. The van der Waals surface area contributed by atoms with E-state index in [2.05, 4.69) is 21.5 Å². The van der Waals surface area contributed by atoms with Crippen LogP contribution in [0, 0.1) is 0 Å². The van der Waals surface area contributed by atoms with E-state index in [0.29, 0.717) is 18.1 Å². The first-order valence-electron chi connectivity index (χ1n) is 9.68. The Kier molecular flexibility index (Phi) is 5.66. The molecular formula is C22H23N3O3. The fourth-order valence-electron chi connectivity index (χ4n) is 3.39. The maximum Gasteiger partial charge on any atom is 0.273 e. The Bertz CT molecular complexity index is 988. The highest BCUT2D eigenvalue weighted by molar-refractivity contribution is 5.92. The van der Waals surface area contributed by atoms with Crippen LogP contribution in [-0.4, -0.2) is 22.6 Å². The molecule has 1 N–H and O–H groups in total. The van der Waals surface area contributed by atoms with Crippen molar-refractivity contribution in [3.63, 3.8) is 0 Å². The predicted octanol–water partition coefficient (Wildman–Crippen LogP) is 4.42. The van der Waals surface area contributed by atoms with Crippen molar-refractivity contribution < 1.29 is 14.1 Å².